The Morgan fingerprint density at radius 3 is 1.96 bits per heavy atom. The van der Waals surface area contributed by atoms with Gasteiger partial charge >= 0.3 is 17.8 Å². The van der Waals surface area contributed by atoms with Crippen LogP contribution in [-0.4, -0.2) is 101 Å². The van der Waals surface area contributed by atoms with Gasteiger partial charge in [0.15, 0.2) is 0 Å². The van der Waals surface area contributed by atoms with Gasteiger partial charge in [-0.3, -0.25) is 33.2 Å². The second-order valence-electron chi connectivity index (χ2n) is 17.9. The van der Waals surface area contributed by atoms with E-state index in [0.29, 0.717) is 28.2 Å². The van der Waals surface area contributed by atoms with Crippen LogP contribution in [0.5, 0.6) is 0 Å². The van der Waals surface area contributed by atoms with Gasteiger partial charge < -0.3 is 16.4 Å². The molecule has 2 unspecified atom stereocenters. The average Bonchev–Trinajstić information content (AvgIpc) is 3.79. The lowest BCUT2D eigenvalue weighted by atomic mass is 9.68. The van der Waals surface area contributed by atoms with Crippen molar-refractivity contribution < 1.29 is 71.5 Å². The van der Waals surface area contributed by atoms with Crippen LogP contribution in [0.3, 0.4) is 0 Å². The normalized spacial score (nSPS) is 22.7. The zero-order valence-corrected chi connectivity index (χ0v) is 40.7. The van der Waals surface area contributed by atoms with Gasteiger partial charge in [-0.1, -0.05) is 30.3 Å². The molecular formula is C47H40F6N4O10S4. The molecule has 6 N–H and O–H groups in total. The Bertz CT molecular complexity index is 3410. The van der Waals surface area contributed by atoms with E-state index in [-0.39, 0.29) is 82.2 Å². The zero-order chi connectivity index (χ0) is 51.8. The maximum Gasteiger partial charge on any atom is 0.380 e. The number of nitrogens with two attached hydrogens (primary N) is 1. The molecule has 3 aliphatic heterocycles. The summed E-state index contributed by atoms with van der Waals surface area (Å²) in [5, 5.41) is 4.79. The zero-order valence-electron chi connectivity index (χ0n) is 37.4. The van der Waals surface area contributed by atoms with Crippen LogP contribution in [0.2, 0.25) is 0 Å². The van der Waals surface area contributed by atoms with Crippen molar-refractivity contribution in [2.75, 3.05) is 25.4 Å². The number of unbranched alkanes of at least 4 members (excludes halogenated alkanes) is 2. The van der Waals surface area contributed by atoms with E-state index < -0.39 is 97.8 Å². The molecule has 14 nitrogen and oxygen atoms in total. The second kappa shape index (κ2) is 16.7. The molecule has 24 heteroatoms. The van der Waals surface area contributed by atoms with Crippen molar-refractivity contribution in [1.29, 1.82) is 0 Å². The minimum Gasteiger partial charge on any atom is -0.397 e. The Hall–Kier alpha value is -5.66. The molecule has 1 saturated carbocycles. The number of anilines is 1. The van der Waals surface area contributed by atoms with Gasteiger partial charge in [-0.2, -0.15) is 43.2 Å². The summed E-state index contributed by atoms with van der Waals surface area (Å²) in [5.41, 5.74) is 2.29. The Kier molecular flexibility index (Phi) is 11.8. The van der Waals surface area contributed by atoms with E-state index >= 15 is 26.3 Å². The van der Waals surface area contributed by atoms with Crippen molar-refractivity contribution in [3.8, 4) is 0 Å². The van der Waals surface area contributed by atoms with Crippen molar-refractivity contribution in [1.82, 2.24) is 15.5 Å². The Balaban J connectivity index is 0.805. The van der Waals surface area contributed by atoms with Crippen LogP contribution in [0, 0.1) is 0 Å². The topological polar surface area (TPSA) is 230 Å². The maximum absolute atomic E-state index is 16.0. The van der Waals surface area contributed by atoms with Gasteiger partial charge in [0.2, 0.25) is 5.91 Å². The molecular weight excluding hydrogens is 1020 g/mol. The predicted molar refractivity (Wildman–Crippen MR) is 252 cm³/mol. The van der Waals surface area contributed by atoms with Crippen LogP contribution < -0.4 is 16.4 Å². The molecule has 4 aromatic rings. The Morgan fingerprint density at radius 1 is 0.718 bits per heavy atom. The SMILES string of the molecule is CC1=C(c2ccc(C(=O)NCCC(=O)NCCCCCN3C(=O)c4cc(S(=O)(=O)O)cc5c(N)c(S(=O)(=O)O)cc(c45)C3=O)cc2)SC2(C)C1=C1C(=C3c4ccccc4SC32C)C(F)(F)C(F)(F)C1(F)F. The van der Waals surface area contributed by atoms with Crippen LogP contribution in [-0.2, 0) is 25.0 Å². The lowest BCUT2D eigenvalue weighted by molar-refractivity contribution is -0.257. The van der Waals surface area contributed by atoms with Gasteiger partial charge in [-0.15, -0.1) is 23.5 Å². The summed E-state index contributed by atoms with van der Waals surface area (Å²) in [4.78, 5) is 52.6. The maximum atomic E-state index is 16.0. The van der Waals surface area contributed by atoms with Crippen LogP contribution in [0.4, 0.5) is 32.0 Å². The fraction of sp³-hybridized carbons (Fsp3) is 0.319. The third kappa shape index (κ3) is 7.44. The minimum absolute atomic E-state index is 0.0841. The second-order valence-corrected chi connectivity index (χ2v) is 23.6. The summed E-state index contributed by atoms with van der Waals surface area (Å²) in [6, 6.07) is 14.7. The molecule has 0 radical (unpaired) electrons. The molecule has 0 bridgehead atoms. The lowest BCUT2D eigenvalue weighted by Crippen LogP contribution is -2.48. The van der Waals surface area contributed by atoms with Gasteiger partial charge in [0, 0.05) is 63.3 Å². The minimum atomic E-state index is -5.70. The molecule has 2 atom stereocenters. The third-order valence-corrected chi connectivity index (χ3v) is 18.9. The molecule has 0 saturated heterocycles. The summed E-state index contributed by atoms with van der Waals surface area (Å²) in [6.45, 7) is 4.53. The number of benzene rings is 4. The molecule has 4 aromatic carbocycles. The van der Waals surface area contributed by atoms with Gasteiger partial charge in [0.25, 0.3) is 38.0 Å². The van der Waals surface area contributed by atoms with E-state index in [2.05, 4.69) is 10.6 Å². The summed E-state index contributed by atoms with van der Waals surface area (Å²) in [5.74, 6) is -19.0. The van der Waals surface area contributed by atoms with Gasteiger partial charge in [-0.25, -0.2) is 0 Å². The Morgan fingerprint density at radius 2 is 1.32 bits per heavy atom. The first-order valence-corrected chi connectivity index (χ1v) is 26.2. The number of allylic oxidation sites excluding steroid dienone is 3. The van der Waals surface area contributed by atoms with Crippen molar-refractivity contribution in [3.63, 3.8) is 0 Å². The van der Waals surface area contributed by atoms with Gasteiger partial charge in [0.05, 0.1) is 31.2 Å². The fourth-order valence-electron chi connectivity index (χ4n) is 10.1. The molecule has 71 heavy (non-hydrogen) atoms. The average molecular weight is 1060 g/mol. The summed E-state index contributed by atoms with van der Waals surface area (Å²) >= 11 is 2.29. The number of hydrogen-bond acceptors (Lipinski definition) is 11. The molecule has 0 aromatic heterocycles. The molecule has 2 aliphatic carbocycles. The summed E-state index contributed by atoms with van der Waals surface area (Å²) in [7, 11) is -9.99. The first-order valence-electron chi connectivity index (χ1n) is 21.7. The number of carbonyl (C=O) groups is 4. The number of amides is 4. The number of imide groups is 1. The number of fused-ring (bicyclic) bond motifs is 6. The first-order chi connectivity index (χ1) is 33.0. The number of carbonyl (C=O) groups excluding carboxylic acids is 4. The van der Waals surface area contributed by atoms with Crippen LogP contribution in [0.25, 0.3) is 21.3 Å². The highest BCUT2D eigenvalue weighted by atomic mass is 32.2. The first kappa shape index (κ1) is 50.3. The van der Waals surface area contributed by atoms with Gasteiger partial charge in [-0.05, 0) is 104 Å². The molecule has 5 aliphatic rings. The number of thioether (sulfide) groups is 2. The fourth-order valence-corrected chi connectivity index (χ4v) is 14.6. The smallest absolute Gasteiger partial charge is 0.380 e. The van der Waals surface area contributed by atoms with Crippen molar-refractivity contribution in [3.05, 3.63) is 117 Å². The number of halogens is 6. The number of nitrogens with one attached hydrogen (secondary N) is 2. The molecule has 3 heterocycles. The lowest BCUT2D eigenvalue weighted by Gasteiger charge is -2.47. The van der Waals surface area contributed by atoms with E-state index in [1.807, 2.05) is 0 Å². The molecule has 0 spiro atoms. The number of nitrogens with zero attached hydrogens (tertiary/aromatic N) is 1. The van der Waals surface area contributed by atoms with Crippen molar-refractivity contribution in [2.45, 2.75) is 88.4 Å². The van der Waals surface area contributed by atoms with Crippen LogP contribution >= 0.6 is 23.5 Å². The standard InChI is InChI=1S/C47H40F6N4O10S4/c1-22-34-36-37(46(50,51)47(52,53)45(36,48)49)35-26-9-5-6-10-30(26)68-44(35,3)43(34,2)69-39(22)23-11-13-24(14-12-23)40(59)56-17-15-32(58)55-16-7-4-8-18-57-41(60)28-20-25(70(62,63)64)19-27-33(28)29(42(57)61)21-31(38(27)54)71(65,66)67/h5-6,9-14,19-21H,4,7-8,15-18,54H2,1-3H3,(H,55,58)(H,56,59)(H,62,63,64)(H,65,66,67). The van der Waals surface area contributed by atoms with E-state index in [9.17, 15) is 45.1 Å². The highest BCUT2D eigenvalue weighted by Crippen LogP contribution is 2.77. The molecule has 374 valence electrons. The van der Waals surface area contributed by atoms with Crippen molar-refractivity contribution in [2.24, 2.45) is 0 Å². The highest BCUT2D eigenvalue weighted by molar-refractivity contribution is 8.12. The van der Waals surface area contributed by atoms with Crippen LogP contribution in [0.15, 0.2) is 104 Å². The molecule has 1 fully saturated rings. The number of rotatable bonds is 13. The Labute approximate surface area is 410 Å². The van der Waals surface area contributed by atoms with Crippen molar-refractivity contribution >= 4 is 94.3 Å². The van der Waals surface area contributed by atoms with Crippen LogP contribution in [0.1, 0.15) is 88.7 Å². The van der Waals surface area contributed by atoms with E-state index in [1.165, 1.54) is 49.0 Å². The van der Waals surface area contributed by atoms with E-state index in [1.54, 1.807) is 32.0 Å². The number of hydrogen-bond donors (Lipinski definition) is 5. The predicted octanol–water partition coefficient (Wildman–Crippen LogP) is 8.40. The quantitative estimate of drug-likeness (QED) is 0.0279. The molecule has 4 amide bonds. The van der Waals surface area contributed by atoms with E-state index in [0.717, 1.165) is 34.9 Å². The third-order valence-electron chi connectivity index (χ3n) is 13.7. The summed E-state index contributed by atoms with van der Waals surface area (Å²) < 4.78 is 159. The van der Waals surface area contributed by atoms with E-state index in [4.69, 9.17) is 5.73 Å². The largest absolute Gasteiger partial charge is 0.397 e. The summed E-state index contributed by atoms with van der Waals surface area (Å²) in [6.07, 6.45) is 0.771. The number of nitrogen functional groups attached to an aromatic ring is 1. The monoisotopic (exact) mass is 1060 g/mol. The highest BCUT2D eigenvalue weighted by Gasteiger charge is 2.85. The number of alkyl halides is 6. The molecule has 9 rings (SSSR count). The van der Waals surface area contributed by atoms with Gasteiger partial charge in [0.1, 0.15) is 4.90 Å².